The van der Waals surface area contributed by atoms with Gasteiger partial charge in [-0.25, -0.2) is 0 Å². The number of allylic oxidation sites excluding steroid dienone is 2. The Kier molecular flexibility index (Phi) is 4.14. The molecule has 0 N–H and O–H groups in total. The van der Waals surface area contributed by atoms with Gasteiger partial charge >= 0.3 is 5.97 Å². The SMILES string of the molecule is CC(=O)C1C(=O)C=C(C)OC1=O.[Zn]. The Morgan fingerprint density at radius 2 is 2.00 bits per heavy atom. The van der Waals surface area contributed by atoms with Gasteiger partial charge in [0.15, 0.2) is 17.5 Å². The predicted octanol–water partition coefficient (Wildman–Crippen LogP) is 0.219. The van der Waals surface area contributed by atoms with Gasteiger partial charge in [0.2, 0.25) is 0 Å². The van der Waals surface area contributed by atoms with Gasteiger partial charge in [0.05, 0.1) is 0 Å². The number of ketones is 2. The summed E-state index contributed by atoms with van der Waals surface area (Å²) in [6.45, 7) is 2.68. The van der Waals surface area contributed by atoms with Gasteiger partial charge in [-0.05, 0) is 13.8 Å². The average Bonchev–Trinajstić information content (AvgIpc) is 1.82. The van der Waals surface area contributed by atoms with E-state index < -0.39 is 23.5 Å². The number of carbonyl (C=O) groups is 3. The number of cyclic esters (lactones) is 1. The Morgan fingerprint density at radius 1 is 1.46 bits per heavy atom. The Labute approximate surface area is 88.1 Å². The molecule has 0 saturated carbocycles. The second kappa shape index (κ2) is 4.42. The molecular formula is C8H8O4Zn. The smallest absolute Gasteiger partial charge is 0.329 e. The molecule has 1 unspecified atom stereocenters. The van der Waals surface area contributed by atoms with E-state index in [4.69, 9.17) is 0 Å². The number of esters is 1. The first-order valence-corrected chi connectivity index (χ1v) is 3.46. The molecule has 4 nitrogen and oxygen atoms in total. The maximum Gasteiger partial charge on any atom is 0.329 e. The molecule has 66 valence electrons. The first-order valence-electron chi connectivity index (χ1n) is 3.46. The van der Waals surface area contributed by atoms with Gasteiger partial charge < -0.3 is 4.74 Å². The van der Waals surface area contributed by atoms with Gasteiger partial charge in [0.25, 0.3) is 0 Å². The number of rotatable bonds is 1. The van der Waals surface area contributed by atoms with Crippen LogP contribution in [0.5, 0.6) is 0 Å². The summed E-state index contributed by atoms with van der Waals surface area (Å²) in [4.78, 5) is 32.8. The fraction of sp³-hybridized carbons (Fsp3) is 0.375. The molecule has 0 aromatic carbocycles. The van der Waals surface area contributed by atoms with Crippen molar-refractivity contribution in [1.29, 1.82) is 0 Å². The minimum Gasteiger partial charge on any atom is -0.430 e. The second-order valence-electron chi connectivity index (χ2n) is 2.62. The molecule has 0 fully saturated rings. The van der Waals surface area contributed by atoms with Crippen LogP contribution in [-0.2, 0) is 38.6 Å². The molecule has 0 amide bonds. The van der Waals surface area contributed by atoms with Crippen molar-refractivity contribution in [3.8, 4) is 0 Å². The molecule has 0 aliphatic carbocycles. The number of hydrogen-bond donors (Lipinski definition) is 0. The van der Waals surface area contributed by atoms with Crippen molar-refractivity contribution in [3.63, 3.8) is 0 Å². The molecule has 0 saturated heterocycles. The zero-order valence-corrected chi connectivity index (χ0v) is 10.5. The van der Waals surface area contributed by atoms with Crippen molar-refractivity contribution < 1.29 is 38.6 Å². The zero-order chi connectivity index (χ0) is 9.30. The van der Waals surface area contributed by atoms with Gasteiger partial charge in [-0.2, -0.15) is 0 Å². The molecular weight excluding hydrogens is 225 g/mol. The summed E-state index contributed by atoms with van der Waals surface area (Å²) < 4.78 is 4.61. The van der Waals surface area contributed by atoms with Crippen molar-refractivity contribution in [1.82, 2.24) is 0 Å². The quantitative estimate of drug-likeness (QED) is 0.369. The fourth-order valence-corrected chi connectivity index (χ4v) is 1.01. The van der Waals surface area contributed by atoms with E-state index in [1.165, 1.54) is 13.8 Å². The summed E-state index contributed by atoms with van der Waals surface area (Å²) in [5, 5.41) is 0. The molecule has 0 aromatic heterocycles. The van der Waals surface area contributed by atoms with Crippen LogP contribution in [0.2, 0.25) is 0 Å². The summed E-state index contributed by atoms with van der Waals surface area (Å²) >= 11 is 0. The van der Waals surface area contributed by atoms with E-state index in [0.717, 1.165) is 6.08 Å². The van der Waals surface area contributed by atoms with Crippen LogP contribution < -0.4 is 0 Å². The van der Waals surface area contributed by atoms with Crippen molar-refractivity contribution in [2.24, 2.45) is 5.92 Å². The first kappa shape index (κ1) is 12.2. The molecule has 0 spiro atoms. The van der Waals surface area contributed by atoms with Crippen LogP contribution in [-0.4, -0.2) is 17.5 Å². The molecule has 13 heavy (non-hydrogen) atoms. The summed E-state index contributed by atoms with van der Waals surface area (Å²) in [7, 11) is 0. The number of hydrogen-bond acceptors (Lipinski definition) is 4. The maximum atomic E-state index is 11.1. The van der Waals surface area contributed by atoms with Crippen molar-refractivity contribution in [3.05, 3.63) is 11.8 Å². The third kappa shape index (κ3) is 2.56. The van der Waals surface area contributed by atoms with Gasteiger partial charge in [-0.1, -0.05) is 0 Å². The Hall–Kier alpha value is -0.827. The molecule has 1 atom stereocenters. The standard InChI is InChI=1S/C8H8O4.Zn/c1-4-3-6(10)7(5(2)9)8(11)12-4;/h3,7H,1-2H3;. The summed E-state index contributed by atoms with van der Waals surface area (Å²) in [5.41, 5.74) is 0. The van der Waals surface area contributed by atoms with Gasteiger partial charge in [0, 0.05) is 25.6 Å². The first-order chi connectivity index (χ1) is 5.52. The van der Waals surface area contributed by atoms with E-state index in [-0.39, 0.29) is 25.2 Å². The maximum absolute atomic E-state index is 11.1. The molecule has 1 aliphatic heterocycles. The zero-order valence-electron chi connectivity index (χ0n) is 7.49. The Balaban J connectivity index is 0.00000144. The molecule has 0 bridgehead atoms. The monoisotopic (exact) mass is 232 g/mol. The van der Waals surface area contributed by atoms with E-state index in [1.54, 1.807) is 0 Å². The molecule has 1 aliphatic rings. The van der Waals surface area contributed by atoms with Crippen LogP contribution in [0.25, 0.3) is 0 Å². The third-order valence-corrected chi connectivity index (χ3v) is 1.53. The topological polar surface area (TPSA) is 60.4 Å². The van der Waals surface area contributed by atoms with Crippen LogP contribution in [0.1, 0.15) is 13.8 Å². The van der Waals surface area contributed by atoms with Crippen LogP contribution >= 0.6 is 0 Å². The van der Waals surface area contributed by atoms with Crippen LogP contribution in [0, 0.1) is 5.92 Å². The number of Topliss-reactive ketones (excluding diaryl/α,β-unsaturated/α-hetero) is 1. The molecule has 0 aromatic rings. The summed E-state index contributed by atoms with van der Waals surface area (Å²) in [5.74, 6) is -2.74. The van der Waals surface area contributed by atoms with Crippen molar-refractivity contribution in [2.45, 2.75) is 13.8 Å². The fourth-order valence-electron chi connectivity index (χ4n) is 1.01. The molecule has 1 rings (SSSR count). The van der Waals surface area contributed by atoms with E-state index in [9.17, 15) is 14.4 Å². The minimum absolute atomic E-state index is 0. The Morgan fingerprint density at radius 3 is 2.38 bits per heavy atom. The summed E-state index contributed by atoms with van der Waals surface area (Å²) in [6.07, 6.45) is 1.16. The van der Waals surface area contributed by atoms with E-state index in [1.807, 2.05) is 0 Å². The van der Waals surface area contributed by atoms with Crippen molar-refractivity contribution >= 4 is 17.5 Å². The third-order valence-electron chi connectivity index (χ3n) is 1.53. The summed E-state index contributed by atoms with van der Waals surface area (Å²) in [6, 6.07) is 0. The van der Waals surface area contributed by atoms with Crippen LogP contribution in [0.15, 0.2) is 11.8 Å². The molecule has 0 radical (unpaired) electrons. The van der Waals surface area contributed by atoms with Gasteiger partial charge in [-0.15, -0.1) is 0 Å². The van der Waals surface area contributed by atoms with Gasteiger partial charge in [-0.3, -0.25) is 14.4 Å². The van der Waals surface area contributed by atoms with Crippen molar-refractivity contribution in [2.75, 3.05) is 0 Å². The van der Waals surface area contributed by atoms with Crippen LogP contribution in [0.4, 0.5) is 0 Å². The number of carbonyl (C=O) groups excluding carboxylic acids is 3. The second-order valence-corrected chi connectivity index (χ2v) is 2.62. The molecule has 1 heterocycles. The van der Waals surface area contributed by atoms with E-state index in [0.29, 0.717) is 0 Å². The van der Waals surface area contributed by atoms with E-state index >= 15 is 0 Å². The number of ether oxygens (including phenoxy) is 1. The van der Waals surface area contributed by atoms with E-state index in [2.05, 4.69) is 4.74 Å². The largest absolute Gasteiger partial charge is 0.430 e. The average molecular weight is 234 g/mol. The Bertz CT molecular complexity index is 293. The minimum atomic E-state index is -1.24. The van der Waals surface area contributed by atoms with Crippen LogP contribution in [0.3, 0.4) is 0 Å². The normalized spacial score (nSPS) is 21.4. The molecule has 5 heteroatoms. The van der Waals surface area contributed by atoms with Gasteiger partial charge in [0.1, 0.15) is 5.76 Å². The predicted molar refractivity (Wildman–Crippen MR) is 39.0 cm³/mol.